The number of esters is 1. The fraction of sp³-hybridized carbons (Fsp3) is 0.394. The summed E-state index contributed by atoms with van der Waals surface area (Å²) >= 11 is 12.8. The Hall–Kier alpha value is -3.96. The van der Waals surface area contributed by atoms with Crippen LogP contribution >= 0.6 is 23.2 Å². The van der Waals surface area contributed by atoms with E-state index in [0.717, 1.165) is 12.8 Å². The summed E-state index contributed by atoms with van der Waals surface area (Å²) < 4.78 is 43.0. The van der Waals surface area contributed by atoms with Gasteiger partial charge in [-0.25, -0.2) is 4.79 Å². The van der Waals surface area contributed by atoms with E-state index in [9.17, 15) is 23.2 Å². The molecule has 1 aliphatic carbocycles. The molecule has 3 aromatic rings. The molecule has 5 rings (SSSR count). The highest BCUT2D eigenvalue weighted by Gasteiger charge is 2.37. The lowest BCUT2D eigenvalue weighted by atomic mass is 10.0. The van der Waals surface area contributed by atoms with Crippen molar-refractivity contribution in [1.29, 1.82) is 0 Å². The molecule has 9 nitrogen and oxygen atoms in total. The summed E-state index contributed by atoms with van der Waals surface area (Å²) in [6.07, 6.45) is 4.75. The molecule has 0 N–H and O–H groups in total. The molecule has 1 saturated heterocycles. The van der Waals surface area contributed by atoms with Gasteiger partial charge in [0.15, 0.2) is 11.5 Å². The molecule has 2 amide bonds. The highest BCUT2D eigenvalue weighted by molar-refractivity contribution is 6.35. The molecule has 244 valence electrons. The van der Waals surface area contributed by atoms with E-state index in [1.165, 1.54) is 46.5 Å². The summed E-state index contributed by atoms with van der Waals surface area (Å²) in [4.78, 5) is 46.7. The van der Waals surface area contributed by atoms with E-state index in [1.54, 1.807) is 32.3 Å². The average molecular weight is 677 g/mol. The van der Waals surface area contributed by atoms with Gasteiger partial charge in [-0.05, 0) is 73.1 Å². The molecule has 1 aliphatic heterocycles. The van der Waals surface area contributed by atoms with Crippen molar-refractivity contribution in [1.82, 2.24) is 14.8 Å². The highest BCUT2D eigenvalue weighted by atomic mass is 35.5. The summed E-state index contributed by atoms with van der Waals surface area (Å²) in [5, 5.41) is 0.502. The number of hydrogen-bond acceptors (Lipinski definition) is 7. The summed E-state index contributed by atoms with van der Waals surface area (Å²) in [5.41, 5.74) is 1.51. The summed E-state index contributed by atoms with van der Waals surface area (Å²) in [6, 6.07) is 9.79. The number of nitrogens with zero attached hydrogens (tertiary/aromatic N) is 3. The molecule has 13 heteroatoms. The minimum atomic E-state index is -3.07. The van der Waals surface area contributed by atoms with Crippen molar-refractivity contribution >= 4 is 41.0 Å². The average Bonchev–Trinajstić information content (AvgIpc) is 3.73. The number of benzene rings is 2. The van der Waals surface area contributed by atoms with Crippen molar-refractivity contribution < 1.29 is 37.4 Å². The molecular formula is C33H33Cl2F2N3O6. The molecule has 0 unspecified atom stereocenters. The number of amides is 2. The Balaban J connectivity index is 1.43. The number of hydrogen-bond donors (Lipinski definition) is 0. The zero-order chi connectivity index (χ0) is 33.0. The van der Waals surface area contributed by atoms with E-state index in [-0.39, 0.29) is 39.4 Å². The fourth-order valence-electron chi connectivity index (χ4n) is 5.25. The Morgan fingerprint density at radius 3 is 2.39 bits per heavy atom. The lowest BCUT2D eigenvalue weighted by molar-refractivity contribution is -0.154. The molecule has 2 aromatic carbocycles. The Labute approximate surface area is 275 Å². The molecular weight excluding hydrogens is 643 g/mol. The monoisotopic (exact) mass is 675 g/mol. The molecule has 0 radical (unpaired) electrons. The number of ether oxygens (including phenoxy) is 3. The Kier molecular flexibility index (Phi) is 10.6. The molecule has 0 bridgehead atoms. The number of aromatic nitrogens is 1. The first-order chi connectivity index (χ1) is 22.0. The van der Waals surface area contributed by atoms with E-state index in [2.05, 4.69) is 9.72 Å². The first kappa shape index (κ1) is 33.4. The minimum absolute atomic E-state index is 0.0262. The molecule has 0 spiro atoms. The van der Waals surface area contributed by atoms with E-state index >= 15 is 0 Å². The minimum Gasteiger partial charge on any atom is -0.489 e. The van der Waals surface area contributed by atoms with Gasteiger partial charge in [0.05, 0.1) is 16.7 Å². The van der Waals surface area contributed by atoms with Gasteiger partial charge >= 0.3 is 12.6 Å². The largest absolute Gasteiger partial charge is 0.489 e. The predicted molar refractivity (Wildman–Crippen MR) is 167 cm³/mol. The van der Waals surface area contributed by atoms with E-state index in [1.807, 2.05) is 0 Å². The third-order valence-electron chi connectivity index (χ3n) is 7.88. The number of carbonyl (C=O) groups excluding carboxylic acids is 3. The van der Waals surface area contributed by atoms with Crippen molar-refractivity contribution in [2.75, 3.05) is 27.2 Å². The zero-order valence-electron chi connectivity index (χ0n) is 25.3. The smallest absolute Gasteiger partial charge is 0.387 e. The third kappa shape index (κ3) is 8.06. The van der Waals surface area contributed by atoms with Gasteiger partial charge in [0.2, 0.25) is 0 Å². The van der Waals surface area contributed by atoms with Crippen LogP contribution in [0, 0.1) is 5.92 Å². The summed E-state index contributed by atoms with van der Waals surface area (Å²) in [6.45, 7) is -2.42. The van der Waals surface area contributed by atoms with Gasteiger partial charge < -0.3 is 24.0 Å². The SMILES string of the molecule is CN(C)C(=O)c1cccc(C(=O)N2CCC[C@H]2C(=O)O[C@@H](Cc2c(Cl)cncc2Cl)c2ccc(OC(F)F)c(OCC3CC3)c2)c1. The van der Waals surface area contributed by atoms with Gasteiger partial charge in [-0.15, -0.1) is 0 Å². The van der Waals surface area contributed by atoms with Crippen molar-refractivity contribution in [3.05, 3.63) is 87.2 Å². The van der Waals surface area contributed by atoms with Crippen LogP contribution in [0.1, 0.15) is 63.6 Å². The first-order valence-corrected chi connectivity index (χ1v) is 15.6. The van der Waals surface area contributed by atoms with Crippen molar-refractivity contribution in [2.24, 2.45) is 5.92 Å². The Morgan fingerprint density at radius 1 is 1.00 bits per heavy atom. The maximum absolute atomic E-state index is 13.8. The van der Waals surface area contributed by atoms with Gasteiger partial charge in [0.25, 0.3) is 11.8 Å². The first-order valence-electron chi connectivity index (χ1n) is 14.8. The second-order valence-electron chi connectivity index (χ2n) is 11.5. The van der Waals surface area contributed by atoms with Gasteiger partial charge in [-0.1, -0.05) is 35.3 Å². The lowest BCUT2D eigenvalue weighted by Crippen LogP contribution is -2.42. The Morgan fingerprint density at radius 2 is 1.72 bits per heavy atom. The molecule has 2 aliphatic rings. The van der Waals surface area contributed by atoms with Gasteiger partial charge in [-0.3, -0.25) is 14.6 Å². The molecule has 1 saturated carbocycles. The predicted octanol–water partition coefficient (Wildman–Crippen LogP) is 6.61. The van der Waals surface area contributed by atoms with E-state index < -0.39 is 30.6 Å². The van der Waals surface area contributed by atoms with Crippen LogP contribution in [0.5, 0.6) is 11.5 Å². The van der Waals surface area contributed by atoms with Crippen molar-refractivity contribution in [3.63, 3.8) is 0 Å². The molecule has 2 heterocycles. The second kappa shape index (κ2) is 14.6. The number of halogens is 4. The standard InChI is InChI=1S/C33H33Cl2F2N3O6/c1-39(2)30(41)21-5-3-6-22(13-21)31(42)40-12-4-7-26(40)32(43)45-28(15-23-24(34)16-38-17-25(23)35)20-10-11-27(46-33(36)37)29(14-20)44-18-19-8-9-19/h3,5-6,10-11,13-14,16-17,19,26,28,33H,4,7-9,12,15,18H2,1-2H3/t26-,28-/m0/s1. The number of rotatable bonds is 12. The fourth-order valence-corrected chi connectivity index (χ4v) is 5.77. The summed E-state index contributed by atoms with van der Waals surface area (Å²) in [7, 11) is 3.24. The van der Waals surface area contributed by atoms with E-state index in [4.69, 9.17) is 32.7 Å². The van der Waals surface area contributed by atoms with Crippen LogP contribution in [-0.2, 0) is 16.0 Å². The topological polar surface area (TPSA) is 98.3 Å². The van der Waals surface area contributed by atoms with Crippen LogP contribution in [0.25, 0.3) is 0 Å². The maximum atomic E-state index is 13.8. The van der Waals surface area contributed by atoms with E-state index in [0.29, 0.717) is 48.6 Å². The molecule has 2 fully saturated rings. The van der Waals surface area contributed by atoms with Gasteiger partial charge in [-0.2, -0.15) is 8.78 Å². The van der Waals surface area contributed by atoms with Crippen molar-refractivity contribution in [2.45, 2.75) is 50.9 Å². The quantitative estimate of drug-likeness (QED) is 0.199. The lowest BCUT2D eigenvalue weighted by Gasteiger charge is -2.27. The highest BCUT2D eigenvalue weighted by Crippen LogP contribution is 2.38. The van der Waals surface area contributed by atoms with Crippen LogP contribution in [0.4, 0.5) is 8.78 Å². The zero-order valence-corrected chi connectivity index (χ0v) is 26.8. The Bertz CT molecular complexity index is 1580. The normalized spacial score (nSPS) is 16.7. The summed E-state index contributed by atoms with van der Waals surface area (Å²) in [5.74, 6) is -1.05. The molecule has 46 heavy (non-hydrogen) atoms. The van der Waals surface area contributed by atoms with Gasteiger partial charge in [0.1, 0.15) is 12.1 Å². The van der Waals surface area contributed by atoms with Crippen LogP contribution < -0.4 is 9.47 Å². The third-order valence-corrected chi connectivity index (χ3v) is 8.53. The number of carbonyl (C=O) groups is 3. The van der Waals surface area contributed by atoms with Crippen LogP contribution in [-0.4, -0.2) is 72.5 Å². The van der Waals surface area contributed by atoms with Crippen LogP contribution in [0.15, 0.2) is 54.9 Å². The number of likely N-dealkylation sites (tertiary alicyclic amines) is 1. The van der Waals surface area contributed by atoms with Gasteiger partial charge in [0, 0.05) is 50.6 Å². The van der Waals surface area contributed by atoms with Crippen LogP contribution in [0.2, 0.25) is 10.0 Å². The molecule has 2 atom stereocenters. The molecule has 1 aromatic heterocycles. The van der Waals surface area contributed by atoms with Crippen LogP contribution in [0.3, 0.4) is 0 Å². The second-order valence-corrected chi connectivity index (χ2v) is 12.3. The number of pyridine rings is 1. The van der Waals surface area contributed by atoms with Crippen molar-refractivity contribution in [3.8, 4) is 11.5 Å². The number of alkyl halides is 2. The maximum Gasteiger partial charge on any atom is 0.387 e.